The van der Waals surface area contributed by atoms with Gasteiger partial charge in [-0.15, -0.1) is 0 Å². The number of carboxylic acids is 1. The first-order chi connectivity index (χ1) is 9.54. The summed E-state index contributed by atoms with van der Waals surface area (Å²) in [7, 11) is 3.23. The molecule has 0 aliphatic carbocycles. The summed E-state index contributed by atoms with van der Waals surface area (Å²) < 4.78 is 10.2. The van der Waals surface area contributed by atoms with Crippen molar-refractivity contribution < 1.29 is 24.2 Å². The first-order valence-electron chi connectivity index (χ1n) is 6.83. The molecular formula is C13H24N2O5. The maximum atomic E-state index is 12.3. The molecule has 1 N–H and O–H groups in total. The molecule has 7 nitrogen and oxygen atoms in total. The summed E-state index contributed by atoms with van der Waals surface area (Å²) in [5, 5.41) is 8.87. The molecule has 0 saturated carbocycles. The zero-order valence-corrected chi connectivity index (χ0v) is 12.2. The number of urea groups is 1. The Morgan fingerprint density at radius 3 is 2.55 bits per heavy atom. The van der Waals surface area contributed by atoms with Gasteiger partial charge in [-0.1, -0.05) is 0 Å². The summed E-state index contributed by atoms with van der Waals surface area (Å²) in [6.07, 6.45) is 1.88. The molecule has 116 valence electrons. The molecule has 1 aliphatic heterocycles. The van der Waals surface area contributed by atoms with E-state index in [1.165, 1.54) is 12.0 Å². The van der Waals surface area contributed by atoms with Crippen LogP contribution in [0.15, 0.2) is 0 Å². The highest BCUT2D eigenvalue weighted by molar-refractivity contribution is 5.80. The highest BCUT2D eigenvalue weighted by atomic mass is 16.5. The van der Waals surface area contributed by atoms with E-state index < -0.39 is 5.97 Å². The minimum atomic E-state index is -1.02. The Balaban J connectivity index is 2.50. The van der Waals surface area contributed by atoms with Crippen molar-refractivity contribution >= 4 is 12.0 Å². The minimum Gasteiger partial charge on any atom is -0.480 e. The van der Waals surface area contributed by atoms with Crippen LogP contribution in [-0.4, -0.2) is 80.5 Å². The minimum absolute atomic E-state index is 0.268. The van der Waals surface area contributed by atoms with E-state index in [2.05, 4.69) is 0 Å². The number of hydrogen-bond acceptors (Lipinski definition) is 4. The van der Waals surface area contributed by atoms with Crippen LogP contribution in [0.25, 0.3) is 0 Å². The molecule has 0 spiro atoms. The van der Waals surface area contributed by atoms with Crippen molar-refractivity contribution in [2.24, 2.45) is 5.92 Å². The van der Waals surface area contributed by atoms with Gasteiger partial charge in [0.1, 0.15) is 6.54 Å². The number of nitrogens with zero attached hydrogens (tertiary/aromatic N) is 2. The summed E-state index contributed by atoms with van der Waals surface area (Å²) in [6, 6.07) is -0.268. The van der Waals surface area contributed by atoms with E-state index in [0.29, 0.717) is 19.1 Å². The number of carbonyl (C=O) groups excluding carboxylic acids is 1. The lowest BCUT2D eigenvalue weighted by atomic mass is 10.00. The van der Waals surface area contributed by atoms with Crippen molar-refractivity contribution in [3.05, 3.63) is 0 Å². The molecule has 1 rings (SSSR count). The number of carbonyl (C=O) groups is 2. The van der Waals surface area contributed by atoms with Gasteiger partial charge in [0, 0.05) is 40.5 Å². The smallest absolute Gasteiger partial charge is 0.323 e. The first kappa shape index (κ1) is 16.7. The molecule has 20 heavy (non-hydrogen) atoms. The van der Waals surface area contributed by atoms with Gasteiger partial charge in [0.25, 0.3) is 0 Å². The fourth-order valence-corrected chi connectivity index (χ4v) is 2.24. The SMILES string of the molecule is COCCN(CC(=O)O)C(=O)N(C)CC1CCOCC1. The molecule has 0 bridgehead atoms. The summed E-state index contributed by atoms with van der Waals surface area (Å²) in [6.45, 7) is 2.39. The number of ether oxygens (including phenoxy) is 2. The second-order valence-corrected chi connectivity index (χ2v) is 5.03. The largest absolute Gasteiger partial charge is 0.480 e. The van der Waals surface area contributed by atoms with E-state index in [4.69, 9.17) is 14.6 Å². The van der Waals surface area contributed by atoms with E-state index in [1.807, 2.05) is 0 Å². The molecule has 1 fully saturated rings. The average Bonchev–Trinajstić information content (AvgIpc) is 2.43. The van der Waals surface area contributed by atoms with Crippen LogP contribution in [0.2, 0.25) is 0 Å². The van der Waals surface area contributed by atoms with Crippen LogP contribution in [0.5, 0.6) is 0 Å². The maximum Gasteiger partial charge on any atom is 0.323 e. The van der Waals surface area contributed by atoms with Crippen LogP contribution in [0, 0.1) is 5.92 Å². The monoisotopic (exact) mass is 288 g/mol. The second kappa shape index (κ2) is 8.76. The summed E-state index contributed by atoms with van der Waals surface area (Å²) >= 11 is 0. The molecule has 1 heterocycles. The van der Waals surface area contributed by atoms with Gasteiger partial charge in [-0.25, -0.2) is 4.79 Å². The molecule has 1 aliphatic rings. The van der Waals surface area contributed by atoms with Crippen LogP contribution in [0.3, 0.4) is 0 Å². The van der Waals surface area contributed by atoms with E-state index in [-0.39, 0.29) is 19.1 Å². The van der Waals surface area contributed by atoms with E-state index >= 15 is 0 Å². The van der Waals surface area contributed by atoms with Gasteiger partial charge in [0.15, 0.2) is 0 Å². The molecular weight excluding hydrogens is 264 g/mol. The third-order valence-corrected chi connectivity index (χ3v) is 3.36. The van der Waals surface area contributed by atoms with Crippen molar-refractivity contribution in [3.8, 4) is 0 Å². The number of methoxy groups -OCH3 is 1. The second-order valence-electron chi connectivity index (χ2n) is 5.03. The molecule has 7 heteroatoms. The van der Waals surface area contributed by atoms with Gasteiger partial charge < -0.3 is 24.4 Å². The Morgan fingerprint density at radius 2 is 2.00 bits per heavy atom. The van der Waals surface area contributed by atoms with Gasteiger partial charge in [-0.2, -0.15) is 0 Å². The first-order valence-corrected chi connectivity index (χ1v) is 6.83. The Bertz CT molecular complexity index is 318. The number of amides is 2. The highest BCUT2D eigenvalue weighted by Gasteiger charge is 2.23. The summed E-state index contributed by atoms with van der Waals surface area (Å²) in [5.41, 5.74) is 0. The quantitative estimate of drug-likeness (QED) is 0.738. The van der Waals surface area contributed by atoms with Gasteiger partial charge in [0.05, 0.1) is 6.61 Å². The van der Waals surface area contributed by atoms with Crippen LogP contribution in [0.1, 0.15) is 12.8 Å². The number of hydrogen-bond donors (Lipinski definition) is 1. The molecule has 0 aromatic rings. The average molecular weight is 288 g/mol. The topological polar surface area (TPSA) is 79.3 Å². The van der Waals surface area contributed by atoms with Crippen molar-refractivity contribution in [3.63, 3.8) is 0 Å². The van der Waals surface area contributed by atoms with Crippen molar-refractivity contribution in [1.29, 1.82) is 0 Å². The Kier molecular flexibility index (Phi) is 7.32. The fraction of sp³-hybridized carbons (Fsp3) is 0.846. The van der Waals surface area contributed by atoms with Crippen LogP contribution >= 0.6 is 0 Å². The van der Waals surface area contributed by atoms with Crippen molar-refractivity contribution in [2.75, 3.05) is 53.6 Å². The normalized spacial score (nSPS) is 15.9. The molecule has 2 amide bonds. The fourth-order valence-electron chi connectivity index (χ4n) is 2.24. The molecule has 0 radical (unpaired) electrons. The zero-order chi connectivity index (χ0) is 15.0. The third kappa shape index (κ3) is 5.75. The lowest BCUT2D eigenvalue weighted by molar-refractivity contribution is -0.137. The number of aliphatic carboxylic acids is 1. The third-order valence-electron chi connectivity index (χ3n) is 3.36. The van der Waals surface area contributed by atoms with E-state index in [0.717, 1.165) is 26.1 Å². The van der Waals surface area contributed by atoms with Gasteiger partial charge in [-0.3, -0.25) is 4.79 Å². The van der Waals surface area contributed by atoms with Crippen LogP contribution < -0.4 is 0 Å². The molecule has 1 saturated heterocycles. The standard InChI is InChI=1S/C13H24N2O5/c1-14(9-11-3-6-20-7-4-11)13(18)15(5-8-19-2)10-12(16)17/h11H,3-10H2,1-2H3,(H,16,17). The number of rotatable bonds is 7. The van der Waals surface area contributed by atoms with Gasteiger partial charge in [0.2, 0.25) is 0 Å². The molecule has 0 aromatic heterocycles. The summed E-state index contributed by atoms with van der Waals surface area (Å²) in [5.74, 6) is -0.597. The van der Waals surface area contributed by atoms with Crippen molar-refractivity contribution in [1.82, 2.24) is 9.80 Å². The van der Waals surface area contributed by atoms with Crippen LogP contribution in [0.4, 0.5) is 4.79 Å². The Labute approximate surface area is 119 Å². The Hall–Kier alpha value is -1.34. The van der Waals surface area contributed by atoms with Gasteiger partial charge in [-0.05, 0) is 18.8 Å². The zero-order valence-electron chi connectivity index (χ0n) is 12.2. The number of carboxylic acid groups (broad SMARTS) is 1. The van der Waals surface area contributed by atoms with E-state index in [9.17, 15) is 9.59 Å². The van der Waals surface area contributed by atoms with Crippen LogP contribution in [-0.2, 0) is 14.3 Å². The molecule has 0 atom stereocenters. The van der Waals surface area contributed by atoms with Crippen molar-refractivity contribution in [2.45, 2.75) is 12.8 Å². The lowest BCUT2D eigenvalue weighted by Crippen LogP contribution is -2.46. The predicted octanol–water partition coefficient (Wildman–Crippen LogP) is 0.498. The predicted molar refractivity (Wildman–Crippen MR) is 72.7 cm³/mol. The van der Waals surface area contributed by atoms with Gasteiger partial charge >= 0.3 is 12.0 Å². The molecule has 0 aromatic carbocycles. The molecule has 0 unspecified atom stereocenters. The lowest BCUT2D eigenvalue weighted by Gasteiger charge is -2.31. The highest BCUT2D eigenvalue weighted by Crippen LogP contribution is 2.16. The summed E-state index contributed by atoms with van der Waals surface area (Å²) in [4.78, 5) is 26.0. The van der Waals surface area contributed by atoms with E-state index in [1.54, 1.807) is 11.9 Å². The Morgan fingerprint density at radius 1 is 1.35 bits per heavy atom. The maximum absolute atomic E-state index is 12.3.